The number of benzene rings is 1. The Morgan fingerprint density at radius 3 is 2.62 bits per heavy atom. The summed E-state index contributed by atoms with van der Waals surface area (Å²) in [5.41, 5.74) is 0. The zero-order valence-corrected chi connectivity index (χ0v) is 16.7. The van der Waals surface area contributed by atoms with Gasteiger partial charge in [0, 0.05) is 35.8 Å². The summed E-state index contributed by atoms with van der Waals surface area (Å²) >= 11 is 0. The van der Waals surface area contributed by atoms with Crippen LogP contribution < -0.4 is 0 Å². The summed E-state index contributed by atoms with van der Waals surface area (Å²) in [5.74, 6) is 0. The van der Waals surface area contributed by atoms with Gasteiger partial charge in [-0.05, 0) is 38.9 Å². The van der Waals surface area contributed by atoms with Crippen molar-refractivity contribution in [1.82, 2.24) is 14.2 Å². The van der Waals surface area contributed by atoms with Crippen LogP contribution in [-0.2, 0) is 10.0 Å². The van der Waals surface area contributed by atoms with Crippen LogP contribution in [0.1, 0.15) is 46.0 Å². The van der Waals surface area contributed by atoms with Crippen molar-refractivity contribution in [3.05, 3.63) is 36.7 Å². The van der Waals surface area contributed by atoms with E-state index in [2.05, 4.69) is 16.9 Å². The van der Waals surface area contributed by atoms with Gasteiger partial charge >= 0.3 is 0 Å². The van der Waals surface area contributed by atoms with Crippen LogP contribution in [0.4, 0.5) is 0 Å². The molecule has 1 atom stereocenters. The first-order valence-corrected chi connectivity index (χ1v) is 11.0. The molecule has 1 unspecified atom stereocenters. The van der Waals surface area contributed by atoms with Gasteiger partial charge in [0.05, 0.1) is 11.1 Å². The minimum Gasteiger partial charge on any atom is -0.287 e. The van der Waals surface area contributed by atoms with E-state index >= 15 is 0 Å². The van der Waals surface area contributed by atoms with Gasteiger partial charge in [-0.2, -0.15) is 4.31 Å². The quantitative estimate of drug-likeness (QED) is 0.720. The number of aromatic nitrogens is 1. The molecule has 26 heavy (non-hydrogen) atoms. The van der Waals surface area contributed by atoms with Gasteiger partial charge in [-0.15, -0.1) is 0 Å². The van der Waals surface area contributed by atoms with Crippen molar-refractivity contribution in [2.24, 2.45) is 0 Å². The molecule has 5 nitrogen and oxygen atoms in total. The Morgan fingerprint density at radius 1 is 1.19 bits per heavy atom. The third-order valence-corrected chi connectivity index (χ3v) is 7.79. The minimum atomic E-state index is -3.60. The summed E-state index contributed by atoms with van der Waals surface area (Å²) in [6, 6.07) is 7.63. The predicted octanol–water partition coefficient (Wildman–Crippen LogP) is 3.86. The monoisotopic (exact) mass is 375 g/mol. The highest BCUT2D eigenvalue weighted by Gasteiger charge is 2.33. The number of pyridine rings is 1. The SMILES string of the molecule is CCN(C(C)N(C)C1CCCCC1)S(=O)(=O)c1cccc2cnccc12. The molecule has 0 spiro atoms. The summed E-state index contributed by atoms with van der Waals surface area (Å²) in [6.07, 6.45) is 9.24. The molecule has 0 saturated heterocycles. The van der Waals surface area contributed by atoms with Gasteiger partial charge in [0.2, 0.25) is 10.0 Å². The molecule has 0 N–H and O–H groups in total. The smallest absolute Gasteiger partial charge is 0.245 e. The molecule has 3 rings (SSSR count). The average Bonchev–Trinajstić information content (AvgIpc) is 2.67. The molecule has 1 heterocycles. The lowest BCUT2D eigenvalue weighted by molar-refractivity contribution is 0.0802. The molecule has 1 aromatic heterocycles. The van der Waals surface area contributed by atoms with E-state index in [4.69, 9.17) is 0 Å². The number of fused-ring (bicyclic) bond motifs is 1. The second-order valence-corrected chi connectivity index (χ2v) is 9.01. The van der Waals surface area contributed by atoms with E-state index in [9.17, 15) is 8.42 Å². The fourth-order valence-corrected chi connectivity index (χ4v) is 5.93. The van der Waals surface area contributed by atoms with Gasteiger partial charge in [-0.1, -0.05) is 38.3 Å². The van der Waals surface area contributed by atoms with Gasteiger partial charge < -0.3 is 0 Å². The van der Waals surface area contributed by atoms with Crippen molar-refractivity contribution in [3.8, 4) is 0 Å². The summed E-state index contributed by atoms with van der Waals surface area (Å²) < 4.78 is 28.6. The highest BCUT2D eigenvalue weighted by atomic mass is 32.2. The maximum Gasteiger partial charge on any atom is 0.245 e. The van der Waals surface area contributed by atoms with Gasteiger partial charge in [-0.25, -0.2) is 8.42 Å². The van der Waals surface area contributed by atoms with Gasteiger partial charge in [0.15, 0.2) is 0 Å². The Morgan fingerprint density at radius 2 is 1.92 bits per heavy atom. The Kier molecular flexibility index (Phi) is 5.95. The molecule has 142 valence electrons. The third kappa shape index (κ3) is 3.63. The molecule has 1 saturated carbocycles. The fraction of sp³-hybridized carbons (Fsp3) is 0.550. The van der Waals surface area contributed by atoms with Crippen LogP contribution in [0.15, 0.2) is 41.6 Å². The van der Waals surface area contributed by atoms with Gasteiger partial charge in [0.1, 0.15) is 0 Å². The van der Waals surface area contributed by atoms with Crippen LogP contribution in [0, 0.1) is 0 Å². The van der Waals surface area contributed by atoms with E-state index in [1.54, 1.807) is 34.9 Å². The van der Waals surface area contributed by atoms with E-state index in [0.717, 1.165) is 23.6 Å². The molecule has 0 bridgehead atoms. The van der Waals surface area contributed by atoms with E-state index in [1.807, 2.05) is 19.9 Å². The molecule has 6 heteroatoms. The van der Waals surface area contributed by atoms with Crippen molar-refractivity contribution in [1.29, 1.82) is 0 Å². The Hall–Kier alpha value is -1.50. The van der Waals surface area contributed by atoms with Gasteiger partial charge in [0.25, 0.3) is 0 Å². The summed E-state index contributed by atoms with van der Waals surface area (Å²) in [5, 5.41) is 1.58. The Bertz CT molecular complexity index is 842. The third-order valence-electron chi connectivity index (χ3n) is 5.70. The lowest BCUT2D eigenvalue weighted by atomic mass is 9.94. The minimum absolute atomic E-state index is 0.176. The molecule has 1 aliphatic rings. The molecule has 1 fully saturated rings. The summed E-state index contributed by atoms with van der Waals surface area (Å²) in [6.45, 7) is 4.36. The van der Waals surface area contributed by atoms with E-state index in [0.29, 0.717) is 17.5 Å². The molecule has 1 aliphatic carbocycles. The number of hydrogen-bond donors (Lipinski definition) is 0. The highest BCUT2D eigenvalue weighted by Crippen LogP contribution is 2.29. The van der Waals surface area contributed by atoms with E-state index in [-0.39, 0.29) is 6.17 Å². The fourth-order valence-electron chi connectivity index (χ4n) is 4.08. The normalized spacial score (nSPS) is 17.9. The van der Waals surface area contributed by atoms with Crippen LogP contribution in [0.3, 0.4) is 0 Å². The Labute approximate surface area is 157 Å². The predicted molar refractivity (Wildman–Crippen MR) is 105 cm³/mol. The lowest BCUT2D eigenvalue weighted by Gasteiger charge is -2.40. The molecule has 0 radical (unpaired) electrons. The second kappa shape index (κ2) is 8.03. The second-order valence-electron chi connectivity index (χ2n) is 7.15. The van der Waals surface area contributed by atoms with Crippen LogP contribution in [0.2, 0.25) is 0 Å². The maximum atomic E-state index is 13.5. The zero-order valence-electron chi connectivity index (χ0n) is 15.9. The van der Waals surface area contributed by atoms with Gasteiger partial charge in [-0.3, -0.25) is 9.88 Å². The number of rotatable bonds is 6. The molecular weight excluding hydrogens is 346 g/mol. The molecular formula is C20H29N3O2S. The van der Waals surface area contributed by atoms with Crippen molar-refractivity contribution in [2.75, 3.05) is 13.6 Å². The summed E-state index contributed by atoms with van der Waals surface area (Å²) in [7, 11) is -1.54. The van der Waals surface area contributed by atoms with Crippen LogP contribution >= 0.6 is 0 Å². The molecule has 0 aliphatic heterocycles. The van der Waals surface area contributed by atoms with E-state index < -0.39 is 10.0 Å². The maximum absolute atomic E-state index is 13.5. The average molecular weight is 376 g/mol. The number of hydrogen-bond acceptors (Lipinski definition) is 4. The van der Waals surface area contributed by atoms with Crippen molar-refractivity contribution >= 4 is 20.8 Å². The first kappa shape index (κ1) is 19.3. The zero-order chi connectivity index (χ0) is 18.7. The largest absolute Gasteiger partial charge is 0.287 e. The van der Waals surface area contributed by atoms with E-state index in [1.165, 1.54) is 19.3 Å². The van der Waals surface area contributed by atoms with Crippen LogP contribution in [0.5, 0.6) is 0 Å². The van der Waals surface area contributed by atoms with Crippen molar-refractivity contribution in [2.45, 2.75) is 63.1 Å². The van der Waals surface area contributed by atoms with Crippen LogP contribution in [0.25, 0.3) is 10.8 Å². The lowest BCUT2D eigenvalue weighted by Crippen LogP contribution is -2.51. The highest BCUT2D eigenvalue weighted by molar-refractivity contribution is 7.89. The van der Waals surface area contributed by atoms with Crippen molar-refractivity contribution in [3.63, 3.8) is 0 Å². The Balaban J connectivity index is 1.94. The summed E-state index contributed by atoms with van der Waals surface area (Å²) in [4.78, 5) is 6.72. The van der Waals surface area contributed by atoms with Crippen molar-refractivity contribution < 1.29 is 8.42 Å². The molecule has 1 aromatic carbocycles. The number of sulfonamides is 1. The standard InChI is InChI=1S/C20H29N3O2S/c1-4-23(16(2)22(3)18-10-6-5-7-11-18)26(24,25)20-12-8-9-17-15-21-14-13-19(17)20/h8-9,12-16,18H,4-7,10-11H2,1-3H3. The number of nitrogens with zero attached hydrogens (tertiary/aromatic N) is 3. The van der Waals surface area contributed by atoms with Crippen LogP contribution in [-0.4, -0.2) is 48.4 Å². The first-order chi connectivity index (χ1) is 12.5. The molecule has 0 amide bonds. The molecule has 2 aromatic rings. The topological polar surface area (TPSA) is 53.5 Å². The first-order valence-electron chi connectivity index (χ1n) is 9.53.